The first-order valence-electron chi connectivity index (χ1n) is 7.01. The number of nitrogens with zero attached hydrogens (tertiary/aromatic N) is 1. The monoisotopic (exact) mass is 299 g/mol. The molecule has 0 bridgehead atoms. The molecule has 6 heteroatoms. The van der Waals surface area contributed by atoms with Crippen molar-refractivity contribution in [2.75, 3.05) is 19.7 Å². The Balaban J connectivity index is 1.72. The summed E-state index contributed by atoms with van der Waals surface area (Å²) in [4.78, 5) is 17.6. The van der Waals surface area contributed by atoms with Crippen LogP contribution in [0.1, 0.15) is 36.6 Å². The summed E-state index contributed by atoms with van der Waals surface area (Å²) in [6.07, 6.45) is 2.62. The zero-order valence-electron chi connectivity index (χ0n) is 11.5. The summed E-state index contributed by atoms with van der Waals surface area (Å²) in [5.41, 5.74) is 0.704. The molecule has 20 heavy (non-hydrogen) atoms. The Hall–Kier alpha value is -0.980. The van der Waals surface area contributed by atoms with E-state index in [4.69, 9.17) is 9.57 Å². The summed E-state index contributed by atoms with van der Waals surface area (Å²) in [6.45, 7) is 3.67. The van der Waals surface area contributed by atoms with Gasteiger partial charge < -0.3 is 9.57 Å². The summed E-state index contributed by atoms with van der Waals surface area (Å²) >= 11 is 1.20. The average Bonchev–Trinajstić information content (AvgIpc) is 2.83. The molecule has 3 rings (SSSR count). The molecule has 1 aromatic rings. The first-order chi connectivity index (χ1) is 9.63. The predicted molar refractivity (Wildman–Crippen MR) is 72.8 cm³/mol. The van der Waals surface area contributed by atoms with Crippen LogP contribution in [-0.2, 0) is 26.4 Å². The highest BCUT2D eigenvalue weighted by molar-refractivity contribution is 7.10. The molecule has 1 spiro atoms. The molecule has 1 fully saturated rings. The van der Waals surface area contributed by atoms with Crippen molar-refractivity contribution in [3.8, 4) is 0 Å². The highest BCUT2D eigenvalue weighted by Gasteiger charge is 2.43. The Labute approximate surface area is 121 Å². The van der Waals surface area contributed by atoms with E-state index in [1.54, 1.807) is 18.1 Å². The second kappa shape index (κ2) is 5.42. The maximum Gasteiger partial charge on any atom is 0.324 e. The number of halogens is 1. The van der Waals surface area contributed by atoms with E-state index in [0.29, 0.717) is 26.1 Å². The van der Waals surface area contributed by atoms with Crippen molar-refractivity contribution in [1.82, 2.24) is 5.06 Å². The summed E-state index contributed by atoms with van der Waals surface area (Å²) in [5, 5.41) is 1.55. The van der Waals surface area contributed by atoms with Crippen molar-refractivity contribution in [1.29, 1.82) is 0 Å². The van der Waals surface area contributed by atoms with Crippen LogP contribution in [0.3, 0.4) is 0 Å². The molecule has 0 radical (unpaired) electrons. The molecule has 0 atom stereocenters. The van der Waals surface area contributed by atoms with Gasteiger partial charge in [-0.25, -0.2) is 0 Å². The summed E-state index contributed by atoms with van der Waals surface area (Å²) < 4.78 is 19.5. The van der Waals surface area contributed by atoms with E-state index in [-0.39, 0.29) is 16.7 Å². The van der Waals surface area contributed by atoms with Gasteiger partial charge in [-0.1, -0.05) is 6.92 Å². The van der Waals surface area contributed by atoms with Crippen LogP contribution in [0.4, 0.5) is 4.39 Å². The standard InChI is InChI=1S/C14H18FNO3S/c1-2-12(17)19-16-6-4-14(5-7-16)13-10(3-8-18-14)9-11(15)20-13/h9H,2-8H2,1H3. The highest BCUT2D eigenvalue weighted by Crippen LogP contribution is 2.45. The molecule has 0 N–H and O–H groups in total. The van der Waals surface area contributed by atoms with Gasteiger partial charge in [0.1, 0.15) is 5.60 Å². The molecule has 110 valence electrons. The van der Waals surface area contributed by atoms with Crippen LogP contribution < -0.4 is 0 Å². The fourth-order valence-corrected chi connectivity index (χ4v) is 4.04. The van der Waals surface area contributed by atoms with Gasteiger partial charge in [-0.05, 0) is 30.9 Å². The van der Waals surface area contributed by atoms with Gasteiger partial charge in [0.2, 0.25) is 0 Å². The third-order valence-electron chi connectivity index (χ3n) is 3.99. The zero-order valence-corrected chi connectivity index (χ0v) is 12.3. The third kappa shape index (κ3) is 2.47. The van der Waals surface area contributed by atoms with Gasteiger partial charge in [0, 0.05) is 24.4 Å². The van der Waals surface area contributed by atoms with Gasteiger partial charge in [-0.2, -0.15) is 4.39 Å². The topological polar surface area (TPSA) is 38.8 Å². The fraction of sp³-hybridized carbons (Fsp3) is 0.643. The Morgan fingerprint density at radius 3 is 3.00 bits per heavy atom. The number of thiophene rings is 1. The fourth-order valence-electron chi connectivity index (χ4n) is 2.91. The molecule has 2 aliphatic rings. The van der Waals surface area contributed by atoms with Crippen molar-refractivity contribution in [3.05, 3.63) is 21.6 Å². The van der Waals surface area contributed by atoms with E-state index in [1.807, 2.05) is 0 Å². The number of fused-ring (bicyclic) bond motifs is 2. The molecule has 4 nitrogen and oxygen atoms in total. The zero-order chi connectivity index (χ0) is 14.2. The summed E-state index contributed by atoms with van der Waals surface area (Å²) in [7, 11) is 0. The minimum Gasteiger partial charge on any atom is -0.369 e. The molecular weight excluding hydrogens is 281 g/mol. The minimum atomic E-state index is -0.377. The van der Waals surface area contributed by atoms with Gasteiger partial charge >= 0.3 is 5.97 Å². The Bertz CT molecular complexity index is 509. The van der Waals surface area contributed by atoms with E-state index in [0.717, 1.165) is 29.7 Å². The Morgan fingerprint density at radius 2 is 2.30 bits per heavy atom. The molecule has 0 amide bonds. The van der Waals surface area contributed by atoms with Crippen molar-refractivity contribution >= 4 is 17.3 Å². The molecule has 2 aliphatic heterocycles. The molecule has 0 aromatic carbocycles. The number of rotatable bonds is 2. The van der Waals surface area contributed by atoms with Gasteiger partial charge in [0.05, 0.1) is 6.61 Å². The second-order valence-electron chi connectivity index (χ2n) is 5.24. The number of piperidine rings is 1. The van der Waals surface area contributed by atoms with Crippen molar-refractivity contribution in [2.45, 2.75) is 38.2 Å². The summed E-state index contributed by atoms with van der Waals surface area (Å²) in [6, 6.07) is 1.63. The van der Waals surface area contributed by atoms with Crippen LogP contribution in [0.25, 0.3) is 0 Å². The van der Waals surface area contributed by atoms with Crippen molar-refractivity contribution in [2.24, 2.45) is 0 Å². The summed E-state index contributed by atoms with van der Waals surface area (Å²) in [5.74, 6) is -0.214. The third-order valence-corrected chi connectivity index (χ3v) is 5.14. The number of hydrogen-bond acceptors (Lipinski definition) is 5. The molecule has 1 aromatic heterocycles. The van der Waals surface area contributed by atoms with Gasteiger partial charge in [-0.3, -0.25) is 4.79 Å². The van der Waals surface area contributed by atoms with Crippen LogP contribution in [0.2, 0.25) is 0 Å². The van der Waals surface area contributed by atoms with Crippen LogP contribution >= 0.6 is 11.3 Å². The first-order valence-corrected chi connectivity index (χ1v) is 7.83. The Morgan fingerprint density at radius 1 is 1.55 bits per heavy atom. The number of carbonyl (C=O) groups is 1. The van der Waals surface area contributed by atoms with Gasteiger partial charge in [0.15, 0.2) is 5.13 Å². The first kappa shape index (κ1) is 14.0. The number of hydrogen-bond donors (Lipinski definition) is 0. The average molecular weight is 299 g/mol. The lowest BCUT2D eigenvalue weighted by Crippen LogP contribution is -2.46. The van der Waals surface area contributed by atoms with Crippen LogP contribution in [0.5, 0.6) is 0 Å². The highest BCUT2D eigenvalue weighted by atomic mass is 32.1. The number of ether oxygens (including phenoxy) is 1. The maximum absolute atomic E-state index is 13.5. The van der Waals surface area contributed by atoms with Gasteiger partial charge in [0.25, 0.3) is 0 Å². The lowest BCUT2D eigenvalue weighted by molar-refractivity contribution is -0.211. The molecule has 0 unspecified atom stereocenters. The minimum absolute atomic E-state index is 0.139. The second-order valence-corrected chi connectivity index (χ2v) is 6.25. The number of carbonyl (C=O) groups excluding carboxylic acids is 1. The smallest absolute Gasteiger partial charge is 0.324 e. The van der Waals surface area contributed by atoms with E-state index in [1.165, 1.54) is 11.3 Å². The largest absolute Gasteiger partial charge is 0.369 e. The predicted octanol–water partition coefficient (Wildman–Crippen LogP) is 2.62. The molecule has 0 aliphatic carbocycles. The van der Waals surface area contributed by atoms with Crippen LogP contribution in [0.15, 0.2) is 6.07 Å². The SMILES string of the molecule is CCC(=O)ON1CCC2(CC1)OCCc1cc(F)sc12. The van der Waals surface area contributed by atoms with E-state index in [2.05, 4.69) is 0 Å². The van der Waals surface area contributed by atoms with E-state index < -0.39 is 0 Å². The maximum atomic E-state index is 13.5. The van der Waals surface area contributed by atoms with E-state index in [9.17, 15) is 9.18 Å². The number of hydroxylamine groups is 2. The normalized spacial score (nSPS) is 21.7. The molecular formula is C14H18FNO3S. The van der Waals surface area contributed by atoms with Crippen LogP contribution in [0, 0.1) is 5.13 Å². The lowest BCUT2D eigenvalue weighted by Gasteiger charge is -2.42. The molecule has 1 saturated heterocycles. The molecule has 0 saturated carbocycles. The van der Waals surface area contributed by atoms with Crippen molar-refractivity contribution < 1.29 is 18.8 Å². The van der Waals surface area contributed by atoms with Crippen molar-refractivity contribution in [3.63, 3.8) is 0 Å². The quantitative estimate of drug-likeness (QED) is 0.841. The molecule has 3 heterocycles. The Kier molecular flexibility index (Phi) is 3.79. The lowest BCUT2D eigenvalue weighted by atomic mass is 9.86. The van der Waals surface area contributed by atoms with E-state index >= 15 is 0 Å². The van der Waals surface area contributed by atoms with Gasteiger partial charge in [-0.15, -0.1) is 16.4 Å². The van der Waals surface area contributed by atoms with Crippen LogP contribution in [-0.4, -0.2) is 30.7 Å².